The van der Waals surface area contributed by atoms with Crippen molar-refractivity contribution in [2.75, 3.05) is 14.2 Å². The van der Waals surface area contributed by atoms with E-state index in [1.165, 1.54) is 10.6 Å². The highest BCUT2D eigenvalue weighted by atomic mass is 19.1. The Balaban J connectivity index is 1.95. The molecule has 0 saturated heterocycles. The normalized spacial score (nSPS) is 11.2. The van der Waals surface area contributed by atoms with Gasteiger partial charge in [-0.25, -0.2) is 9.37 Å². The summed E-state index contributed by atoms with van der Waals surface area (Å²) in [5.74, 6) is 0.924. The average Bonchev–Trinajstić information content (AvgIpc) is 2.78. The van der Waals surface area contributed by atoms with E-state index in [1.54, 1.807) is 74.9 Å². The maximum absolute atomic E-state index is 14.6. The summed E-state index contributed by atoms with van der Waals surface area (Å²) in [7, 11) is 3.12. The van der Waals surface area contributed by atoms with Gasteiger partial charge in [0, 0.05) is 5.56 Å². The van der Waals surface area contributed by atoms with E-state index in [1.807, 2.05) is 12.1 Å². The molecule has 30 heavy (non-hydrogen) atoms. The second-order valence-corrected chi connectivity index (χ2v) is 6.50. The zero-order chi connectivity index (χ0) is 21.1. The van der Waals surface area contributed by atoms with Crippen LogP contribution in [0.3, 0.4) is 0 Å². The third-order valence-electron chi connectivity index (χ3n) is 4.74. The Labute approximate surface area is 172 Å². The summed E-state index contributed by atoms with van der Waals surface area (Å²) in [5.41, 5.74) is 1.06. The lowest BCUT2D eigenvalue weighted by atomic mass is 10.1. The maximum atomic E-state index is 14.6. The van der Waals surface area contributed by atoms with Gasteiger partial charge in [-0.2, -0.15) is 0 Å². The maximum Gasteiger partial charge on any atom is 0.266 e. The fourth-order valence-corrected chi connectivity index (χ4v) is 3.34. The molecule has 4 rings (SSSR count). The number of rotatable bonds is 5. The van der Waals surface area contributed by atoms with Gasteiger partial charge in [-0.05, 0) is 42.5 Å². The van der Waals surface area contributed by atoms with Crippen LogP contribution in [0.1, 0.15) is 11.4 Å². The fraction of sp³-hybridized carbons (Fsp3) is 0.0833. The molecule has 150 valence electrons. The van der Waals surface area contributed by atoms with E-state index in [2.05, 4.69) is 4.98 Å². The molecule has 4 aromatic rings. The number of hydrogen-bond donors (Lipinski definition) is 0. The first-order valence-corrected chi connectivity index (χ1v) is 9.30. The third kappa shape index (κ3) is 3.43. The number of fused-ring (bicyclic) bond motifs is 1. The molecule has 0 unspecified atom stereocenters. The van der Waals surface area contributed by atoms with E-state index in [-0.39, 0.29) is 11.2 Å². The number of ether oxygens (including phenoxy) is 2. The van der Waals surface area contributed by atoms with Gasteiger partial charge < -0.3 is 9.47 Å². The minimum Gasteiger partial charge on any atom is -0.493 e. The molecule has 0 N–H and O–H groups in total. The SMILES string of the molecule is COc1cccc(C=Cc2nc3ccccc3c(=O)n2-c2ccccc2F)c1OC. The number of halogens is 1. The summed E-state index contributed by atoms with van der Waals surface area (Å²) in [4.78, 5) is 17.8. The molecule has 0 saturated carbocycles. The van der Waals surface area contributed by atoms with Crippen LogP contribution in [0.2, 0.25) is 0 Å². The number of para-hydroxylation sites is 3. The molecule has 0 bridgehead atoms. The Morgan fingerprint density at radius 3 is 2.43 bits per heavy atom. The Morgan fingerprint density at radius 2 is 1.67 bits per heavy atom. The van der Waals surface area contributed by atoms with Crippen LogP contribution in [0, 0.1) is 5.82 Å². The molecular formula is C24H19FN2O3. The Hall–Kier alpha value is -3.93. The zero-order valence-electron chi connectivity index (χ0n) is 16.5. The number of hydrogen-bond acceptors (Lipinski definition) is 4. The van der Waals surface area contributed by atoms with Crippen LogP contribution in [0.5, 0.6) is 11.5 Å². The summed E-state index contributed by atoms with van der Waals surface area (Å²) in [6.45, 7) is 0. The van der Waals surface area contributed by atoms with Gasteiger partial charge in [0.25, 0.3) is 5.56 Å². The highest BCUT2D eigenvalue weighted by Gasteiger charge is 2.14. The number of nitrogens with zero attached hydrogens (tertiary/aromatic N) is 2. The standard InChI is InChI=1S/C24H19FN2O3/c1-29-21-13-7-8-16(23(21)30-2)14-15-22-26-19-11-5-3-9-17(19)24(28)27(22)20-12-6-4-10-18(20)25/h3-15H,1-2H3. The second kappa shape index (κ2) is 8.21. The first-order chi connectivity index (χ1) is 14.6. The van der Waals surface area contributed by atoms with Crippen molar-refractivity contribution in [3.8, 4) is 17.2 Å². The summed E-state index contributed by atoms with van der Waals surface area (Å²) in [6, 6.07) is 18.6. The molecule has 0 aliphatic carbocycles. The smallest absolute Gasteiger partial charge is 0.266 e. The van der Waals surface area contributed by atoms with E-state index in [4.69, 9.17) is 9.47 Å². The molecule has 0 aliphatic rings. The van der Waals surface area contributed by atoms with Crippen molar-refractivity contribution in [1.82, 2.24) is 9.55 Å². The Morgan fingerprint density at radius 1 is 0.900 bits per heavy atom. The molecule has 6 heteroatoms. The molecule has 0 atom stereocenters. The summed E-state index contributed by atoms with van der Waals surface area (Å²) >= 11 is 0. The topological polar surface area (TPSA) is 53.3 Å². The number of benzene rings is 3. The lowest BCUT2D eigenvalue weighted by molar-refractivity contribution is 0.354. The van der Waals surface area contributed by atoms with Crippen molar-refractivity contribution in [3.05, 3.63) is 94.3 Å². The van der Waals surface area contributed by atoms with Gasteiger partial charge in [-0.1, -0.05) is 36.4 Å². The predicted octanol–water partition coefficient (Wildman–Crippen LogP) is 4.71. The molecule has 0 amide bonds. The molecule has 5 nitrogen and oxygen atoms in total. The molecule has 3 aromatic carbocycles. The largest absolute Gasteiger partial charge is 0.493 e. The minimum absolute atomic E-state index is 0.137. The van der Waals surface area contributed by atoms with Gasteiger partial charge >= 0.3 is 0 Å². The average molecular weight is 402 g/mol. The van der Waals surface area contributed by atoms with Crippen LogP contribution in [0.25, 0.3) is 28.7 Å². The van der Waals surface area contributed by atoms with Crippen LogP contribution in [0.15, 0.2) is 71.5 Å². The highest BCUT2D eigenvalue weighted by Crippen LogP contribution is 2.32. The summed E-state index contributed by atoms with van der Waals surface area (Å²) < 4.78 is 26.6. The van der Waals surface area contributed by atoms with E-state index in [0.29, 0.717) is 28.2 Å². The highest BCUT2D eigenvalue weighted by molar-refractivity contribution is 5.80. The van der Waals surface area contributed by atoms with Crippen molar-refractivity contribution in [3.63, 3.8) is 0 Å². The van der Waals surface area contributed by atoms with Crippen LogP contribution in [0.4, 0.5) is 4.39 Å². The van der Waals surface area contributed by atoms with Crippen molar-refractivity contribution in [2.45, 2.75) is 0 Å². The number of methoxy groups -OCH3 is 2. The van der Waals surface area contributed by atoms with Crippen LogP contribution in [-0.2, 0) is 0 Å². The fourth-order valence-electron chi connectivity index (χ4n) is 3.34. The number of aromatic nitrogens is 2. The van der Waals surface area contributed by atoms with E-state index < -0.39 is 5.82 Å². The quantitative estimate of drug-likeness (QED) is 0.485. The second-order valence-electron chi connectivity index (χ2n) is 6.50. The molecule has 0 aliphatic heterocycles. The van der Waals surface area contributed by atoms with Crippen LogP contribution < -0.4 is 15.0 Å². The molecule has 1 aromatic heterocycles. The van der Waals surface area contributed by atoms with E-state index in [9.17, 15) is 9.18 Å². The van der Waals surface area contributed by atoms with Gasteiger partial charge in [0.15, 0.2) is 11.5 Å². The van der Waals surface area contributed by atoms with Crippen molar-refractivity contribution < 1.29 is 13.9 Å². The van der Waals surface area contributed by atoms with Gasteiger partial charge in [0.2, 0.25) is 0 Å². The van der Waals surface area contributed by atoms with E-state index in [0.717, 1.165) is 5.56 Å². The summed E-state index contributed by atoms with van der Waals surface area (Å²) in [5, 5.41) is 0.414. The van der Waals surface area contributed by atoms with Crippen molar-refractivity contribution >= 4 is 23.1 Å². The predicted molar refractivity (Wildman–Crippen MR) is 116 cm³/mol. The first-order valence-electron chi connectivity index (χ1n) is 9.30. The molecule has 0 fully saturated rings. The summed E-state index contributed by atoms with van der Waals surface area (Å²) in [6.07, 6.45) is 3.42. The minimum atomic E-state index is -0.509. The van der Waals surface area contributed by atoms with Gasteiger partial charge in [-0.15, -0.1) is 0 Å². The van der Waals surface area contributed by atoms with Gasteiger partial charge in [0.1, 0.15) is 11.6 Å². The molecule has 1 heterocycles. The van der Waals surface area contributed by atoms with Crippen molar-refractivity contribution in [2.24, 2.45) is 0 Å². The Kier molecular flexibility index (Phi) is 5.30. The molecular weight excluding hydrogens is 383 g/mol. The lowest BCUT2D eigenvalue weighted by Crippen LogP contribution is -2.23. The Bertz CT molecular complexity index is 1310. The third-order valence-corrected chi connectivity index (χ3v) is 4.74. The zero-order valence-corrected chi connectivity index (χ0v) is 16.5. The first kappa shape index (κ1) is 19.4. The molecule has 0 spiro atoms. The molecule has 0 radical (unpaired) electrons. The lowest BCUT2D eigenvalue weighted by Gasteiger charge is -2.13. The van der Waals surface area contributed by atoms with Gasteiger partial charge in [-0.3, -0.25) is 9.36 Å². The van der Waals surface area contributed by atoms with Crippen molar-refractivity contribution in [1.29, 1.82) is 0 Å². The van der Waals surface area contributed by atoms with E-state index >= 15 is 0 Å². The van der Waals surface area contributed by atoms with Crippen LogP contribution in [-0.4, -0.2) is 23.8 Å². The van der Waals surface area contributed by atoms with Gasteiger partial charge in [0.05, 0.1) is 30.8 Å². The monoisotopic (exact) mass is 402 g/mol. The van der Waals surface area contributed by atoms with Crippen LogP contribution >= 0.6 is 0 Å².